The van der Waals surface area contributed by atoms with E-state index in [2.05, 4.69) is 0 Å². The summed E-state index contributed by atoms with van der Waals surface area (Å²) in [5.74, 6) is 1.40. The van der Waals surface area contributed by atoms with E-state index in [1.807, 2.05) is 40.7 Å². The molecular weight excluding hydrogens is 834 g/mol. The molecule has 0 atom stereocenters. The molecule has 6 aromatic rings. The maximum atomic E-state index is 12.5. The number of anilines is 1. The fourth-order valence-corrected chi connectivity index (χ4v) is 6.59. The fourth-order valence-electron chi connectivity index (χ4n) is 5.46. The van der Waals surface area contributed by atoms with Crippen LogP contribution in [0.15, 0.2) is 73.1 Å². The number of nitrogens with zero attached hydrogens (tertiary/aromatic N) is 3. The van der Waals surface area contributed by atoms with Crippen molar-refractivity contribution in [3.05, 3.63) is 114 Å². The first-order valence-corrected chi connectivity index (χ1v) is 18.9. The zero-order valence-electron chi connectivity index (χ0n) is 33.1. The highest BCUT2D eigenvalue weighted by Gasteiger charge is 2.23. The Morgan fingerprint density at radius 2 is 1.00 bits per heavy atom. The van der Waals surface area contributed by atoms with Crippen LogP contribution in [-0.2, 0) is 9.47 Å². The van der Waals surface area contributed by atoms with Gasteiger partial charge in [-0.2, -0.15) is 0 Å². The van der Waals surface area contributed by atoms with Crippen LogP contribution >= 0.6 is 46.4 Å². The maximum absolute atomic E-state index is 12.5. The Hall–Kier alpha value is -5.18. The van der Waals surface area contributed by atoms with Crippen molar-refractivity contribution < 1.29 is 38.6 Å². The van der Waals surface area contributed by atoms with E-state index in [0.29, 0.717) is 38.5 Å². The predicted octanol–water partition coefficient (Wildman–Crippen LogP) is 12.8. The lowest BCUT2D eigenvalue weighted by molar-refractivity contribution is -0.384. The van der Waals surface area contributed by atoms with Gasteiger partial charge in [-0.25, -0.2) is 9.59 Å². The Morgan fingerprint density at radius 1 is 0.655 bits per heavy atom. The second kappa shape index (κ2) is 18.2. The van der Waals surface area contributed by atoms with Crippen molar-refractivity contribution in [3.63, 3.8) is 0 Å². The molecule has 58 heavy (non-hydrogen) atoms. The summed E-state index contributed by atoms with van der Waals surface area (Å²) in [6.07, 6.45) is 2.52. The molecule has 0 radical (unpaired) electrons. The molecule has 0 bridgehead atoms. The number of aliphatic hydroxyl groups is 1. The number of benzene rings is 4. The van der Waals surface area contributed by atoms with Gasteiger partial charge in [0, 0.05) is 48.1 Å². The lowest BCUT2D eigenvalue weighted by Gasteiger charge is -2.19. The van der Waals surface area contributed by atoms with Gasteiger partial charge in [0.1, 0.15) is 22.7 Å². The zero-order valence-corrected chi connectivity index (χ0v) is 36.1. The highest BCUT2D eigenvalue weighted by molar-refractivity contribution is 6.38. The number of nitro benzene ring substituents is 1. The topological polar surface area (TPSA) is 170 Å². The average Bonchev–Trinajstić information content (AvgIpc) is 3.63. The van der Waals surface area contributed by atoms with Gasteiger partial charge in [0.05, 0.1) is 36.0 Å². The number of aryl methyl sites for hydroxylation is 2. The van der Waals surface area contributed by atoms with Crippen LogP contribution in [0.1, 0.15) is 52.7 Å². The van der Waals surface area contributed by atoms with Crippen LogP contribution in [-0.4, -0.2) is 49.7 Å². The SMILES string of the molecule is CO.Cc1cn(C(=O)OC(C)(C)C)c2ccc(Oc3c(Cl)cc(N)cc3Cl)cc12.Cc1cn(C(=O)OC(C)(C)C)c2ccc(Oc3c(Cl)cc([N+](=O)[O-])cc3Cl)cc12. The smallest absolute Gasteiger partial charge is 0.418 e. The molecular formula is C41H42Cl4N4O9. The first-order valence-electron chi connectivity index (χ1n) is 17.4. The van der Waals surface area contributed by atoms with E-state index in [1.54, 1.807) is 75.6 Å². The minimum Gasteiger partial charge on any atom is -0.454 e. The monoisotopic (exact) mass is 874 g/mol. The Bertz CT molecular complexity index is 2470. The summed E-state index contributed by atoms with van der Waals surface area (Å²) in [5.41, 5.74) is 7.89. The first-order chi connectivity index (χ1) is 27.0. The van der Waals surface area contributed by atoms with Crippen LogP contribution < -0.4 is 15.2 Å². The van der Waals surface area contributed by atoms with Gasteiger partial charge < -0.3 is 29.8 Å². The van der Waals surface area contributed by atoms with Crippen LogP contribution in [0.25, 0.3) is 21.8 Å². The molecule has 6 rings (SSSR count). The number of carbonyl (C=O) groups excluding carboxylic acids is 2. The van der Waals surface area contributed by atoms with Gasteiger partial charge >= 0.3 is 12.2 Å². The molecule has 308 valence electrons. The Labute approximate surface area is 354 Å². The van der Waals surface area contributed by atoms with Gasteiger partial charge in [-0.15, -0.1) is 0 Å². The van der Waals surface area contributed by atoms with Crippen LogP contribution in [0.2, 0.25) is 20.1 Å². The summed E-state index contributed by atoms with van der Waals surface area (Å²) in [7, 11) is 1.00. The van der Waals surface area contributed by atoms with E-state index in [9.17, 15) is 19.7 Å². The quantitative estimate of drug-likeness (QED) is 0.0965. The molecule has 0 spiro atoms. The summed E-state index contributed by atoms with van der Waals surface area (Å²) in [5, 5.41) is 20.2. The lowest BCUT2D eigenvalue weighted by Crippen LogP contribution is -2.26. The number of hydrogen-bond donors (Lipinski definition) is 2. The van der Waals surface area contributed by atoms with Crippen molar-refractivity contribution in [3.8, 4) is 23.0 Å². The van der Waals surface area contributed by atoms with Crippen LogP contribution in [0.3, 0.4) is 0 Å². The van der Waals surface area contributed by atoms with E-state index in [-0.39, 0.29) is 21.5 Å². The molecule has 2 aromatic heterocycles. The van der Waals surface area contributed by atoms with Gasteiger partial charge in [-0.05, 0) is 115 Å². The summed E-state index contributed by atoms with van der Waals surface area (Å²) in [4.78, 5) is 35.2. The zero-order chi connectivity index (χ0) is 43.4. The van der Waals surface area contributed by atoms with Gasteiger partial charge in [0.2, 0.25) is 0 Å². The number of ether oxygens (including phenoxy) is 4. The number of halogens is 4. The van der Waals surface area contributed by atoms with E-state index >= 15 is 0 Å². The van der Waals surface area contributed by atoms with Gasteiger partial charge in [-0.3, -0.25) is 19.2 Å². The molecule has 0 aliphatic carbocycles. The van der Waals surface area contributed by atoms with Crippen LogP contribution in [0, 0.1) is 24.0 Å². The largest absolute Gasteiger partial charge is 0.454 e. The van der Waals surface area contributed by atoms with E-state index in [1.165, 1.54) is 21.3 Å². The normalized spacial score (nSPS) is 11.3. The number of rotatable bonds is 5. The second-order valence-electron chi connectivity index (χ2n) is 14.7. The Morgan fingerprint density at radius 3 is 1.33 bits per heavy atom. The summed E-state index contributed by atoms with van der Waals surface area (Å²) in [6.45, 7) is 14.7. The van der Waals surface area contributed by atoms with Crippen molar-refractivity contribution >= 4 is 91.8 Å². The Balaban J connectivity index is 0.000000247. The number of nitrogen functional groups attached to an aromatic ring is 1. The predicted molar refractivity (Wildman–Crippen MR) is 229 cm³/mol. The summed E-state index contributed by atoms with van der Waals surface area (Å²) < 4.78 is 25.5. The standard InChI is InChI=1S/C20H18Cl2N2O5.C20H20Cl2N2O3.CH4O/c1-11-10-23(19(25)29-20(2,3)4)17-6-5-13(9-14(11)17)28-18-15(21)7-12(24(26)27)8-16(18)22;1-11-10-24(19(25)27-20(2,3)4)17-6-5-13(9-14(11)17)26-18-15(21)7-12(23)8-16(18)22;1-2/h5-10H,1-4H3;5-10H,23H2,1-4H3;2H,1H3. The molecule has 4 aromatic carbocycles. The second-order valence-corrected chi connectivity index (χ2v) is 16.3. The number of fused-ring (bicyclic) bond motifs is 2. The number of aliphatic hydroxyl groups excluding tert-OH is 1. The van der Waals surface area contributed by atoms with Gasteiger partial charge in [-0.1, -0.05) is 46.4 Å². The molecule has 0 aliphatic heterocycles. The fraction of sp³-hybridized carbons (Fsp3) is 0.268. The molecule has 0 amide bonds. The van der Waals surface area contributed by atoms with E-state index in [0.717, 1.165) is 34.5 Å². The molecule has 0 aliphatic rings. The van der Waals surface area contributed by atoms with E-state index in [4.69, 9.17) is 76.2 Å². The maximum Gasteiger partial charge on any atom is 0.418 e. The molecule has 3 N–H and O–H groups in total. The van der Waals surface area contributed by atoms with E-state index < -0.39 is 28.3 Å². The van der Waals surface area contributed by atoms with Crippen molar-refractivity contribution in [2.24, 2.45) is 0 Å². The van der Waals surface area contributed by atoms with Crippen molar-refractivity contribution in [2.75, 3.05) is 12.8 Å². The third kappa shape index (κ3) is 11.1. The number of non-ortho nitro benzene ring substituents is 1. The highest BCUT2D eigenvalue weighted by atomic mass is 35.5. The molecule has 0 saturated heterocycles. The number of carbonyl (C=O) groups is 2. The van der Waals surface area contributed by atoms with Crippen molar-refractivity contribution in [2.45, 2.75) is 66.6 Å². The van der Waals surface area contributed by atoms with Gasteiger partial charge in [0.15, 0.2) is 11.5 Å². The average molecular weight is 877 g/mol. The number of hydrogen-bond acceptors (Lipinski definition) is 10. The minimum atomic E-state index is -0.617. The Kier molecular flexibility index (Phi) is 14.3. The van der Waals surface area contributed by atoms with Crippen LogP contribution in [0.4, 0.5) is 21.0 Å². The number of nitrogens with two attached hydrogens (primary N) is 1. The molecule has 0 saturated carbocycles. The molecule has 13 nitrogen and oxygen atoms in total. The third-order valence-corrected chi connectivity index (χ3v) is 8.91. The summed E-state index contributed by atoms with van der Waals surface area (Å²) >= 11 is 24.6. The van der Waals surface area contributed by atoms with Crippen molar-refractivity contribution in [1.82, 2.24) is 9.13 Å². The summed E-state index contributed by atoms with van der Waals surface area (Å²) in [6, 6.07) is 16.0. The van der Waals surface area contributed by atoms with Gasteiger partial charge in [0.25, 0.3) is 5.69 Å². The van der Waals surface area contributed by atoms with Crippen molar-refractivity contribution in [1.29, 1.82) is 0 Å². The number of nitro groups is 1. The first kappa shape index (κ1) is 45.5. The molecule has 0 fully saturated rings. The third-order valence-electron chi connectivity index (χ3n) is 7.78. The molecule has 2 heterocycles. The molecule has 17 heteroatoms. The number of aromatic nitrogens is 2. The molecule has 0 unspecified atom stereocenters. The lowest BCUT2D eigenvalue weighted by atomic mass is 10.2. The van der Waals surface area contributed by atoms with Crippen LogP contribution in [0.5, 0.6) is 23.0 Å². The minimum absolute atomic E-state index is 0.0207. The highest BCUT2D eigenvalue weighted by Crippen LogP contribution is 2.41.